The van der Waals surface area contributed by atoms with Gasteiger partial charge < -0.3 is 4.57 Å². The molecule has 0 saturated heterocycles. The van der Waals surface area contributed by atoms with E-state index in [0.29, 0.717) is 0 Å². The minimum atomic E-state index is -0.248. The van der Waals surface area contributed by atoms with E-state index in [1.54, 1.807) is 34.2 Å². The van der Waals surface area contributed by atoms with E-state index in [-0.39, 0.29) is 5.82 Å². The number of halogens is 1. The Morgan fingerprint density at radius 2 is 2.08 bits per heavy atom. The van der Waals surface area contributed by atoms with Crippen molar-refractivity contribution in [2.45, 2.75) is 0 Å². The number of aromatic nitrogens is 5. The molecule has 0 amide bonds. The lowest BCUT2D eigenvalue weighted by Gasteiger charge is -1.95. The van der Waals surface area contributed by atoms with E-state index in [0.717, 1.165) is 37.1 Å². The van der Waals surface area contributed by atoms with Crippen molar-refractivity contribution in [3.8, 4) is 21.3 Å². The molecule has 0 unspecified atom stereocenters. The van der Waals surface area contributed by atoms with Gasteiger partial charge in [-0.05, 0) is 18.2 Å². The maximum atomic E-state index is 13.6. The maximum Gasteiger partial charge on any atom is 0.213 e. The second kappa shape index (κ2) is 4.96. The predicted octanol–water partition coefficient (Wildman–Crippen LogP) is 4.21. The van der Waals surface area contributed by atoms with E-state index in [4.69, 9.17) is 0 Å². The van der Waals surface area contributed by atoms with E-state index < -0.39 is 0 Å². The van der Waals surface area contributed by atoms with Crippen molar-refractivity contribution >= 4 is 38.5 Å². The Morgan fingerprint density at radius 3 is 2.88 bits per heavy atom. The average Bonchev–Trinajstić information content (AvgIpc) is 3.28. The van der Waals surface area contributed by atoms with Crippen LogP contribution in [-0.4, -0.2) is 24.1 Å². The summed E-state index contributed by atoms with van der Waals surface area (Å²) in [5, 5.41) is 9.09. The molecule has 118 valence electrons. The fourth-order valence-electron chi connectivity index (χ4n) is 2.80. The molecule has 0 spiro atoms. The monoisotopic (exact) mass is 355 g/mol. The summed E-state index contributed by atoms with van der Waals surface area (Å²) in [5.41, 5.74) is 2.71. The van der Waals surface area contributed by atoms with Crippen LogP contribution in [0.1, 0.15) is 0 Å². The molecule has 0 aliphatic heterocycles. The minimum absolute atomic E-state index is 0.248. The molecule has 5 rings (SSSR count). The number of aryl methyl sites for hydroxylation is 1. The molecule has 0 fully saturated rings. The highest BCUT2D eigenvalue weighted by Gasteiger charge is 2.16. The average molecular weight is 355 g/mol. The van der Waals surface area contributed by atoms with Crippen molar-refractivity contribution in [3.63, 3.8) is 0 Å². The molecule has 0 atom stereocenters. The van der Waals surface area contributed by atoms with Gasteiger partial charge in [0.15, 0.2) is 0 Å². The number of fused-ring (bicyclic) bond motifs is 2. The number of hydrogen-bond acceptors (Lipinski definition) is 5. The van der Waals surface area contributed by atoms with Gasteiger partial charge in [-0.15, -0.1) is 11.3 Å². The van der Waals surface area contributed by atoms with Gasteiger partial charge in [-0.25, -0.2) is 18.9 Å². The standard InChI is InChI=1S/C16H10FN5S2/c1-21-7-11(10-6-9(17)2-3-13(10)21)14-20-22-8-12(19-16(22)24-14)15-18-4-5-23-15/h2-8H,1H3. The highest BCUT2D eigenvalue weighted by molar-refractivity contribution is 7.20. The van der Waals surface area contributed by atoms with Gasteiger partial charge in [0.1, 0.15) is 21.5 Å². The molecular formula is C16H10FN5S2. The zero-order valence-electron chi connectivity index (χ0n) is 12.5. The van der Waals surface area contributed by atoms with Gasteiger partial charge >= 0.3 is 0 Å². The van der Waals surface area contributed by atoms with Crippen molar-refractivity contribution < 1.29 is 4.39 Å². The van der Waals surface area contributed by atoms with Crippen LogP contribution in [0.3, 0.4) is 0 Å². The maximum absolute atomic E-state index is 13.6. The lowest BCUT2D eigenvalue weighted by molar-refractivity contribution is 0.629. The Hall–Kier alpha value is -2.58. The molecule has 24 heavy (non-hydrogen) atoms. The smallest absolute Gasteiger partial charge is 0.213 e. The summed E-state index contributed by atoms with van der Waals surface area (Å²) in [7, 11) is 1.95. The molecule has 5 aromatic rings. The molecule has 5 nitrogen and oxygen atoms in total. The summed E-state index contributed by atoms with van der Waals surface area (Å²) in [4.78, 5) is 9.66. The second-order valence-electron chi connectivity index (χ2n) is 5.41. The van der Waals surface area contributed by atoms with Gasteiger partial charge in [0.25, 0.3) is 0 Å². The first-order chi connectivity index (χ1) is 11.7. The van der Waals surface area contributed by atoms with E-state index >= 15 is 0 Å². The van der Waals surface area contributed by atoms with Crippen molar-refractivity contribution in [3.05, 3.63) is 48.0 Å². The third-order valence-corrected chi connectivity index (χ3v) is 5.63. The quantitative estimate of drug-likeness (QED) is 0.476. The van der Waals surface area contributed by atoms with E-state index in [9.17, 15) is 4.39 Å². The van der Waals surface area contributed by atoms with Crippen molar-refractivity contribution in [2.24, 2.45) is 7.05 Å². The molecule has 0 N–H and O–H groups in total. The lowest BCUT2D eigenvalue weighted by atomic mass is 10.2. The minimum Gasteiger partial charge on any atom is -0.350 e. The summed E-state index contributed by atoms with van der Waals surface area (Å²) in [6, 6.07) is 4.81. The van der Waals surface area contributed by atoms with Crippen molar-refractivity contribution in [1.29, 1.82) is 0 Å². The predicted molar refractivity (Wildman–Crippen MR) is 93.8 cm³/mol. The number of nitrogens with zero attached hydrogens (tertiary/aromatic N) is 5. The van der Waals surface area contributed by atoms with Crippen LogP contribution >= 0.6 is 22.7 Å². The first kappa shape index (κ1) is 13.8. The van der Waals surface area contributed by atoms with Crippen LogP contribution in [0, 0.1) is 5.82 Å². The van der Waals surface area contributed by atoms with Crippen LogP contribution in [-0.2, 0) is 7.05 Å². The van der Waals surface area contributed by atoms with Gasteiger partial charge in [0, 0.05) is 41.3 Å². The first-order valence-electron chi connectivity index (χ1n) is 7.20. The van der Waals surface area contributed by atoms with Crippen molar-refractivity contribution in [2.75, 3.05) is 0 Å². The lowest BCUT2D eigenvalue weighted by Crippen LogP contribution is -1.83. The zero-order valence-corrected chi connectivity index (χ0v) is 14.1. The molecule has 4 heterocycles. The fourth-order valence-corrected chi connectivity index (χ4v) is 4.29. The van der Waals surface area contributed by atoms with Crippen LogP contribution < -0.4 is 0 Å². The van der Waals surface area contributed by atoms with Crippen LogP contribution in [0.15, 0.2) is 42.2 Å². The number of imidazole rings is 1. The van der Waals surface area contributed by atoms with Gasteiger partial charge in [-0.2, -0.15) is 5.10 Å². The molecule has 0 aliphatic carbocycles. The van der Waals surface area contributed by atoms with Gasteiger partial charge in [0.2, 0.25) is 4.96 Å². The van der Waals surface area contributed by atoms with E-state index in [2.05, 4.69) is 15.1 Å². The Morgan fingerprint density at radius 1 is 1.17 bits per heavy atom. The fraction of sp³-hybridized carbons (Fsp3) is 0.0625. The summed E-state index contributed by atoms with van der Waals surface area (Å²) >= 11 is 3.03. The molecule has 8 heteroatoms. The Labute approximate surface area is 143 Å². The Balaban J connectivity index is 1.67. The van der Waals surface area contributed by atoms with E-state index in [1.165, 1.54) is 17.4 Å². The third kappa shape index (κ3) is 2.00. The first-order valence-corrected chi connectivity index (χ1v) is 8.90. The molecule has 0 radical (unpaired) electrons. The molecule has 0 saturated carbocycles. The molecule has 0 aliphatic rings. The van der Waals surface area contributed by atoms with Crippen LogP contribution in [0.5, 0.6) is 0 Å². The zero-order chi connectivity index (χ0) is 16.3. The van der Waals surface area contributed by atoms with E-state index in [1.807, 2.05) is 29.4 Å². The molecular weight excluding hydrogens is 345 g/mol. The molecule has 1 aromatic carbocycles. The topological polar surface area (TPSA) is 48.0 Å². The van der Waals surface area contributed by atoms with Crippen LogP contribution in [0.25, 0.3) is 37.1 Å². The van der Waals surface area contributed by atoms with Crippen molar-refractivity contribution in [1.82, 2.24) is 24.1 Å². The summed E-state index contributed by atoms with van der Waals surface area (Å²) in [6.07, 6.45) is 5.61. The Kier molecular flexibility index (Phi) is 2.85. The highest BCUT2D eigenvalue weighted by Crippen LogP contribution is 2.34. The second-order valence-corrected chi connectivity index (χ2v) is 7.26. The highest BCUT2D eigenvalue weighted by atomic mass is 32.1. The number of thiazole rings is 1. The normalized spacial score (nSPS) is 11.8. The summed E-state index contributed by atoms with van der Waals surface area (Å²) in [6.45, 7) is 0. The summed E-state index contributed by atoms with van der Waals surface area (Å²) in [5.74, 6) is -0.248. The van der Waals surface area contributed by atoms with Gasteiger partial charge in [-0.1, -0.05) is 11.3 Å². The number of hydrogen-bond donors (Lipinski definition) is 0. The third-order valence-electron chi connectivity index (χ3n) is 3.88. The molecule has 4 aromatic heterocycles. The number of benzene rings is 1. The largest absolute Gasteiger partial charge is 0.350 e. The Bertz CT molecular complexity index is 1150. The number of rotatable bonds is 2. The summed E-state index contributed by atoms with van der Waals surface area (Å²) < 4.78 is 17.4. The van der Waals surface area contributed by atoms with Crippen LogP contribution in [0.4, 0.5) is 4.39 Å². The van der Waals surface area contributed by atoms with Crippen LogP contribution in [0.2, 0.25) is 0 Å². The van der Waals surface area contributed by atoms with Gasteiger partial charge in [0.05, 0.1) is 6.20 Å². The molecule has 0 bridgehead atoms. The van der Waals surface area contributed by atoms with Gasteiger partial charge in [-0.3, -0.25) is 0 Å². The SMILES string of the molecule is Cn1cc(-c2nn3cc(-c4nccs4)nc3s2)c2cc(F)ccc21.